The highest BCUT2D eigenvalue weighted by Crippen LogP contribution is 2.53. The Balaban J connectivity index is 1.20. The summed E-state index contributed by atoms with van der Waals surface area (Å²) in [7, 11) is 0. The van der Waals surface area contributed by atoms with Gasteiger partial charge in [-0.05, 0) is 117 Å². The number of rotatable bonds is 3. The number of benzene rings is 7. The molecule has 268 valence electrons. The zero-order chi connectivity index (χ0) is 37.4. The Morgan fingerprint density at radius 2 is 1.05 bits per heavy atom. The highest BCUT2D eigenvalue weighted by atomic mass is 15.0. The number of aromatic nitrogens is 2. The fraction of sp³-hybridized carbons (Fsp3) is 0.208. The van der Waals surface area contributed by atoms with E-state index < -0.39 is 0 Å². The maximum absolute atomic E-state index is 2.58. The predicted octanol–water partition coefficient (Wildman–Crippen LogP) is 14.2. The Hall–Kier alpha value is -5.86. The van der Waals surface area contributed by atoms with Gasteiger partial charge in [-0.15, -0.1) is 0 Å². The van der Waals surface area contributed by atoms with Gasteiger partial charge < -0.3 is 9.13 Å². The fourth-order valence-electron chi connectivity index (χ4n) is 10.5. The smallest absolute Gasteiger partial charge is 0.0641 e. The van der Waals surface area contributed by atoms with Crippen molar-refractivity contribution in [2.75, 3.05) is 0 Å². The van der Waals surface area contributed by atoms with Gasteiger partial charge in [0.05, 0.1) is 22.1 Å². The Kier molecular flexibility index (Phi) is 6.58. The normalized spacial score (nSPS) is 16.5. The first-order valence-electron chi connectivity index (χ1n) is 20.0. The van der Waals surface area contributed by atoms with E-state index >= 15 is 0 Å². The molecule has 0 saturated carbocycles. The molecule has 55 heavy (non-hydrogen) atoms. The molecule has 0 N–H and O–H groups in total. The minimum atomic E-state index is -0.0284. The molecular weight excluding hydrogens is 665 g/mol. The molecule has 0 bridgehead atoms. The molecule has 2 aliphatic carbocycles. The molecule has 0 spiro atoms. The second-order valence-corrected chi connectivity index (χ2v) is 18.0. The van der Waals surface area contributed by atoms with E-state index in [-0.39, 0.29) is 16.2 Å². The molecule has 0 aliphatic heterocycles. The zero-order valence-corrected chi connectivity index (χ0v) is 32.7. The molecular formula is C53H46N2. The summed E-state index contributed by atoms with van der Waals surface area (Å²) in [5.41, 5.74) is 18.7. The predicted molar refractivity (Wildman–Crippen MR) is 233 cm³/mol. The molecule has 2 aliphatic rings. The summed E-state index contributed by atoms with van der Waals surface area (Å²) < 4.78 is 5.05. The molecule has 9 aromatic rings. The van der Waals surface area contributed by atoms with E-state index in [0.29, 0.717) is 0 Å². The van der Waals surface area contributed by atoms with Crippen LogP contribution in [-0.2, 0) is 16.2 Å². The summed E-state index contributed by atoms with van der Waals surface area (Å²) in [6.07, 6.45) is 2.38. The van der Waals surface area contributed by atoms with Crippen molar-refractivity contribution in [1.82, 2.24) is 9.13 Å². The molecule has 2 heterocycles. The number of para-hydroxylation sites is 2. The van der Waals surface area contributed by atoms with Crippen molar-refractivity contribution < 1.29 is 0 Å². The topological polar surface area (TPSA) is 9.86 Å². The van der Waals surface area contributed by atoms with Crippen LogP contribution in [0.3, 0.4) is 0 Å². The first-order chi connectivity index (χ1) is 26.5. The fourth-order valence-corrected chi connectivity index (χ4v) is 10.5. The molecule has 0 unspecified atom stereocenters. The van der Waals surface area contributed by atoms with Crippen molar-refractivity contribution in [2.45, 2.75) is 70.6 Å². The van der Waals surface area contributed by atoms with E-state index in [2.05, 4.69) is 196 Å². The third-order valence-electron chi connectivity index (χ3n) is 13.6. The van der Waals surface area contributed by atoms with Gasteiger partial charge in [-0.25, -0.2) is 0 Å². The van der Waals surface area contributed by atoms with Gasteiger partial charge in [0.1, 0.15) is 0 Å². The Morgan fingerprint density at radius 3 is 1.84 bits per heavy atom. The van der Waals surface area contributed by atoms with Gasteiger partial charge in [-0.2, -0.15) is 0 Å². The summed E-state index contributed by atoms with van der Waals surface area (Å²) in [6.45, 7) is 14.5. The van der Waals surface area contributed by atoms with Gasteiger partial charge in [0.25, 0.3) is 0 Å². The van der Waals surface area contributed by atoms with Crippen LogP contribution in [0.15, 0.2) is 146 Å². The van der Waals surface area contributed by atoms with E-state index in [4.69, 9.17) is 0 Å². The summed E-state index contributed by atoms with van der Waals surface area (Å²) >= 11 is 0. The SMILES string of the molecule is CC1(C)CCC(C)(C)c2cc3c(cc21)c1c(ccc2c4ccccc4n(-c4ccc(-c5cccc6c5-c5ccccc5C6(C)C)cc4)c21)n3-c1ccccc1. The average Bonchev–Trinajstić information content (AvgIpc) is 3.80. The van der Waals surface area contributed by atoms with Crippen LogP contribution >= 0.6 is 0 Å². The third-order valence-corrected chi connectivity index (χ3v) is 13.6. The van der Waals surface area contributed by atoms with E-state index in [9.17, 15) is 0 Å². The maximum atomic E-state index is 2.58. The number of hydrogen-bond donors (Lipinski definition) is 0. The van der Waals surface area contributed by atoms with Crippen LogP contribution in [0.4, 0.5) is 0 Å². The molecule has 11 rings (SSSR count). The number of fused-ring (bicyclic) bond motifs is 11. The van der Waals surface area contributed by atoms with Crippen molar-refractivity contribution in [1.29, 1.82) is 0 Å². The molecule has 0 atom stereocenters. The van der Waals surface area contributed by atoms with Gasteiger partial charge in [-0.1, -0.05) is 139 Å². The van der Waals surface area contributed by atoms with Gasteiger partial charge >= 0.3 is 0 Å². The van der Waals surface area contributed by atoms with Crippen molar-refractivity contribution in [3.05, 3.63) is 168 Å². The third kappa shape index (κ3) is 4.43. The van der Waals surface area contributed by atoms with Crippen LogP contribution in [0.1, 0.15) is 76.6 Å². The van der Waals surface area contributed by atoms with Crippen molar-refractivity contribution in [3.63, 3.8) is 0 Å². The first kappa shape index (κ1) is 32.6. The Labute approximate surface area is 323 Å². The molecule has 2 nitrogen and oxygen atoms in total. The standard InChI is InChI=1S/C53H46N2/c1-51(2)29-30-52(3,4)44-32-47-40(31-43(44)51)49-46(54(47)34-15-8-7-9-16-34)28-27-38-37-17-11-13-22-45(37)55(50(38)49)35-25-23-33(24-26-35)36-19-14-21-42-48(36)39-18-10-12-20-41(39)53(42,5)6/h7-28,31-32H,29-30H2,1-6H3. The van der Waals surface area contributed by atoms with Crippen LogP contribution < -0.4 is 0 Å². The van der Waals surface area contributed by atoms with Gasteiger partial charge in [0, 0.05) is 38.3 Å². The molecule has 2 aromatic heterocycles. The quantitative estimate of drug-likeness (QED) is 0.173. The average molecular weight is 711 g/mol. The molecule has 0 radical (unpaired) electrons. The lowest BCUT2D eigenvalue weighted by Gasteiger charge is -2.42. The largest absolute Gasteiger partial charge is 0.309 e. The second kappa shape index (κ2) is 11.1. The van der Waals surface area contributed by atoms with E-state index in [0.717, 1.165) is 0 Å². The van der Waals surface area contributed by atoms with Gasteiger partial charge in [-0.3, -0.25) is 0 Å². The second-order valence-electron chi connectivity index (χ2n) is 18.0. The van der Waals surface area contributed by atoms with Crippen LogP contribution in [0.5, 0.6) is 0 Å². The highest BCUT2D eigenvalue weighted by molar-refractivity contribution is 6.26. The van der Waals surface area contributed by atoms with Crippen molar-refractivity contribution in [2.24, 2.45) is 0 Å². The summed E-state index contributed by atoms with van der Waals surface area (Å²) in [6, 6.07) is 55.0. The molecule has 7 aromatic carbocycles. The van der Waals surface area contributed by atoms with E-state index in [1.807, 2.05) is 0 Å². The van der Waals surface area contributed by atoms with Crippen LogP contribution in [0, 0.1) is 0 Å². The van der Waals surface area contributed by atoms with Crippen molar-refractivity contribution >= 4 is 43.6 Å². The minimum absolute atomic E-state index is 0.0284. The van der Waals surface area contributed by atoms with E-state index in [1.54, 1.807) is 0 Å². The minimum Gasteiger partial charge on any atom is -0.309 e. The monoisotopic (exact) mass is 710 g/mol. The maximum Gasteiger partial charge on any atom is 0.0641 e. The zero-order valence-electron chi connectivity index (χ0n) is 32.7. The lowest BCUT2D eigenvalue weighted by atomic mass is 9.63. The number of nitrogens with zero attached hydrogens (tertiary/aromatic N) is 2. The van der Waals surface area contributed by atoms with Crippen LogP contribution in [0.25, 0.3) is 77.2 Å². The lowest BCUT2D eigenvalue weighted by Crippen LogP contribution is -2.33. The summed E-state index contributed by atoms with van der Waals surface area (Å²) in [5.74, 6) is 0. The van der Waals surface area contributed by atoms with E-state index in [1.165, 1.54) is 112 Å². The van der Waals surface area contributed by atoms with Crippen molar-refractivity contribution in [3.8, 4) is 33.6 Å². The molecule has 0 fully saturated rings. The Bertz CT molecular complexity index is 3040. The van der Waals surface area contributed by atoms with Crippen LogP contribution in [-0.4, -0.2) is 9.13 Å². The molecule has 0 saturated heterocycles. The highest BCUT2D eigenvalue weighted by Gasteiger charge is 2.39. The summed E-state index contributed by atoms with van der Waals surface area (Å²) in [4.78, 5) is 0. The number of hydrogen-bond acceptors (Lipinski definition) is 0. The Morgan fingerprint density at radius 1 is 0.418 bits per heavy atom. The first-order valence-corrected chi connectivity index (χ1v) is 20.0. The molecule has 2 heteroatoms. The lowest BCUT2D eigenvalue weighted by molar-refractivity contribution is 0.332. The molecule has 0 amide bonds. The summed E-state index contributed by atoms with van der Waals surface area (Å²) in [5, 5.41) is 5.22. The van der Waals surface area contributed by atoms with Crippen LogP contribution in [0.2, 0.25) is 0 Å². The van der Waals surface area contributed by atoms with Gasteiger partial charge in [0.15, 0.2) is 0 Å². The van der Waals surface area contributed by atoms with Gasteiger partial charge in [0.2, 0.25) is 0 Å².